The Morgan fingerprint density at radius 1 is 1.32 bits per heavy atom. The van der Waals surface area contributed by atoms with Crippen molar-refractivity contribution in [3.05, 3.63) is 41.7 Å². The molecule has 1 aromatic rings. The molecule has 1 atom stereocenters. The fourth-order valence-corrected chi connectivity index (χ4v) is 1.81. The summed E-state index contributed by atoms with van der Waals surface area (Å²) in [6.45, 7) is 4.17. The first-order chi connectivity index (χ1) is 9.11. The Kier molecular flexibility index (Phi) is 6.86. The fourth-order valence-electron chi connectivity index (χ4n) is 1.81. The van der Waals surface area contributed by atoms with E-state index >= 15 is 0 Å². The van der Waals surface area contributed by atoms with E-state index in [0.29, 0.717) is 0 Å². The summed E-state index contributed by atoms with van der Waals surface area (Å²) in [5.74, 6) is -0.375. The summed E-state index contributed by atoms with van der Waals surface area (Å²) in [7, 11) is 0. The van der Waals surface area contributed by atoms with E-state index in [4.69, 9.17) is 0 Å². The number of halogens is 1. The molecule has 0 heterocycles. The first-order valence-electron chi connectivity index (χ1n) is 6.86. The minimum absolute atomic E-state index is 0.103. The SMILES string of the molecule is CCCCC[C@H](C)NC(=O)/C=C/c1ccc(F)cc1. The zero-order chi connectivity index (χ0) is 14.1. The number of hydrogen-bond donors (Lipinski definition) is 1. The Morgan fingerprint density at radius 3 is 2.63 bits per heavy atom. The molecule has 0 aliphatic rings. The van der Waals surface area contributed by atoms with Gasteiger partial charge in [-0.3, -0.25) is 4.79 Å². The van der Waals surface area contributed by atoms with Crippen LogP contribution in [0.1, 0.15) is 45.1 Å². The molecule has 0 bridgehead atoms. The van der Waals surface area contributed by atoms with E-state index < -0.39 is 0 Å². The quantitative estimate of drug-likeness (QED) is 0.586. The van der Waals surface area contributed by atoms with Gasteiger partial charge in [-0.2, -0.15) is 0 Å². The molecule has 3 heteroatoms. The third-order valence-electron chi connectivity index (χ3n) is 2.93. The van der Waals surface area contributed by atoms with Gasteiger partial charge in [0.1, 0.15) is 5.82 Å². The van der Waals surface area contributed by atoms with Gasteiger partial charge in [-0.25, -0.2) is 4.39 Å². The minimum Gasteiger partial charge on any atom is -0.350 e. The Balaban J connectivity index is 2.35. The third-order valence-corrected chi connectivity index (χ3v) is 2.93. The standard InChI is InChI=1S/C16H22FNO/c1-3-4-5-6-13(2)18-16(19)12-9-14-7-10-15(17)11-8-14/h7-13H,3-6H2,1-2H3,(H,18,19)/b12-9+/t13-/m0/s1. The monoisotopic (exact) mass is 263 g/mol. The van der Waals surface area contributed by atoms with Crippen molar-refractivity contribution in [3.8, 4) is 0 Å². The van der Waals surface area contributed by atoms with E-state index in [9.17, 15) is 9.18 Å². The van der Waals surface area contributed by atoms with Gasteiger partial charge in [-0.05, 0) is 37.1 Å². The molecule has 2 nitrogen and oxygen atoms in total. The molecule has 0 fully saturated rings. The van der Waals surface area contributed by atoms with E-state index in [-0.39, 0.29) is 17.8 Å². The molecule has 0 saturated heterocycles. The number of benzene rings is 1. The van der Waals surface area contributed by atoms with Gasteiger partial charge < -0.3 is 5.32 Å². The van der Waals surface area contributed by atoms with Crippen LogP contribution < -0.4 is 5.32 Å². The summed E-state index contributed by atoms with van der Waals surface area (Å²) < 4.78 is 12.7. The van der Waals surface area contributed by atoms with Gasteiger partial charge in [0.05, 0.1) is 0 Å². The van der Waals surface area contributed by atoms with Crippen LogP contribution in [0.25, 0.3) is 6.08 Å². The van der Waals surface area contributed by atoms with Crippen molar-refractivity contribution in [2.45, 2.75) is 45.6 Å². The summed E-state index contributed by atoms with van der Waals surface area (Å²) in [6, 6.07) is 6.24. The molecular weight excluding hydrogens is 241 g/mol. The van der Waals surface area contributed by atoms with Gasteiger partial charge in [0.2, 0.25) is 5.91 Å². The van der Waals surface area contributed by atoms with Crippen LogP contribution in [-0.2, 0) is 4.79 Å². The first-order valence-corrected chi connectivity index (χ1v) is 6.86. The maximum atomic E-state index is 12.7. The fraction of sp³-hybridized carbons (Fsp3) is 0.438. The summed E-state index contributed by atoms with van der Waals surface area (Å²) in [4.78, 5) is 11.7. The Morgan fingerprint density at radius 2 is 2.00 bits per heavy atom. The lowest BCUT2D eigenvalue weighted by molar-refractivity contribution is -0.117. The van der Waals surface area contributed by atoms with Gasteiger partial charge in [0.25, 0.3) is 0 Å². The second-order valence-corrected chi connectivity index (χ2v) is 4.79. The lowest BCUT2D eigenvalue weighted by Crippen LogP contribution is -2.30. The number of nitrogens with one attached hydrogen (secondary N) is 1. The lowest BCUT2D eigenvalue weighted by Gasteiger charge is -2.11. The molecule has 0 aliphatic carbocycles. The van der Waals surface area contributed by atoms with Crippen molar-refractivity contribution in [1.82, 2.24) is 5.32 Å². The minimum atomic E-state index is -0.272. The summed E-state index contributed by atoms with van der Waals surface area (Å²) in [6.07, 6.45) is 7.71. The van der Waals surface area contributed by atoms with Crippen molar-refractivity contribution in [3.63, 3.8) is 0 Å². The normalized spacial score (nSPS) is 12.6. The average molecular weight is 263 g/mol. The molecule has 0 aromatic heterocycles. The molecule has 0 spiro atoms. The van der Waals surface area contributed by atoms with Gasteiger partial charge >= 0.3 is 0 Å². The predicted octanol–water partition coefficient (Wildman–Crippen LogP) is 3.92. The van der Waals surface area contributed by atoms with E-state index in [1.807, 2.05) is 6.92 Å². The number of rotatable bonds is 7. The highest BCUT2D eigenvalue weighted by atomic mass is 19.1. The van der Waals surface area contributed by atoms with Gasteiger partial charge in [0.15, 0.2) is 0 Å². The number of carbonyl (C=O) groups excluding carboxylic acids is 1. The summed E-state index contributed by atoms with van der Waals surface area (Å²) in [5.41, 5.74) is 0.815. The largest absolute Gasteiger partial charge is 0.350 e. The van der Waals surface area contributed by atoms with Crippen LogP contribution in [0.3, 0.4) is 0 Å². The lowest BCUT2D eigenvalue weighted by atomic mass is 10.1. The van der Waals surface area contributed by atoms with Crippen LogP contribution >= 0.6 is 0 Å². The molecule has 19 heavy (non-hydrogen) atoms. The molecule has 0 aliphatic heterocycles. The predicted molar refractivity (Wildman–Crippen MR) is 77.2 cm³/mol. The topological polar surface area (TPSA) is 29.1 Å². The van der Waals surface area contributed by atoms with Crippen LogP contribution in [0.2, 0.25) is 0 Å². The van der Waals surface area contributed by atoms with E-state index in [0.717, 1.165) is 18.4 Å². The zero-order valence-corrected chi connectivity index (χ0v) is 11.7. The molecule has 1 aromatic carbocycles. The Labute approximate surface area is 114 Å². The van der Waals surface area contributed by atoms with Crippen molar-refractivity contribution in [2.75, 3.05) is 0 Å². The number of amides is 1. The molecule has 0 saturated carbocycles. The van der Waals surface area contributed by atoms with Crippen molar-refractivity contribution in [2.24, 2.45) is 0 Å². The highest BCUT2D eigenvalue weighted by Gasteiger charge is 2.03. The van der Waals surface area contributed by atoms with Gasteiger partial charge in [0, 0.05) is 12.1 Å². The van der Waals surface area contributed by atoms with Gasteiger partial charge in [-0.15, -0.1) is 0 Å². The van der Waals surface area contributed by atoms with Crippen molar-refractivity contribution < 1.29 is 9.18 Å². The zero-order valence-electron chi connectivity index (χ0n) is 11.7. The van der Waals surface area contributed by atoms with Crippen molar-refractivity contribution in [1.29, 1.82) is 0 Å². The maximum absolute atomic E-state index is 12.7. The second kappa shape index (κ2) is 8.46. The van der Waals surface area contributed by atoms with Crippen molar-refractivity contribution >= 4 is 12.0 Å². The number of carbonyl (C=O) groups is 1. The Bertz CT molecular complexity index is 411. The molecule has 1 amide bonds. The highest BCUT2D eigenvalue weighted by molar-refractivity contribution is 5.91. The average Bonchev–Trinajstić information content (AvgIpc) is 2.38. The molecule has 0 unspecified atom stereocenters. The molecule has 104 valence electrons. The van der Waals surface area contributed by atoms with Crippen LogP contribution in [0.4, 0.5) is 4.39 Å². The summed E-state index contributed by atoms with van der Waals surface area (Å²) >= 11 is 0. The van der Waals surface area contributed by atoms with Crippen LogP contribution in [0.5, 0.6) is 0 Å². The number of hydrogen-bond acceptors (Lipinski definition) is 1. The van der Waals surface area contributed by atoms with E-state index in [2.05, 4.69) is 12.2 Å². The first kappa shape index (κ1) is 15.4. The molecule has 1 rings (SSSR count). The van der Waals surface area contributed by atoms with E-state index in [1.54, 1.807) is 18.2 Å². The molecule has 1 N–H and O–H groups in total. The number of unbranched alkanes of at least 4 members (excludes halogenated alkanes) is 2. The molecular formula is C16H22FNO. The van der Waals surface area contributed by atoms with Crippen LogP contribution in [0.15, 0.2) is 30.3 Å². The highest BCUT2D eigenvalue weighted by Crippen LogP contribution is 2.05. The van der Waals surface area contributed by atoms with E-state index in [1.165, 1.54) is 31.1 Å². The van der Waals surface area contributed by atoms with Crippen LogP contribution in [0, 0.1) is 5.82 Å². The molecule has 0 radical (unpaired) electrons. The van der Waals surface area contributed by atoms with Gasteiger partial charge in [-0.1, -0.05) is 38.3 Å². The Hall–Kier alpha value is -1.64. The third kappa shape index (κ3) is 6.75. The second-order valence-electron chi connectivity index (χ2n) is 4.79. The summed E-state index contributed by atoms with van der Waals surface area (Å²) in [5, 5.41) is 2.92. The smallest absolute Gasteiger partial charge is 0.244 e. The maximum Gasteiger partial charge on any atom is 0.244 e. The van der Waals surface area contributed by atoms with Crippen LogP contribution in [-0.4, -0.2) is 11.9 Å².